The highest BCUT2D eigenvalue weighted by Crippen LogP contribution is 2.45. The van der Waals surface area contributed by atoms with Crippen molar-refractivity contribution in [3.8, 4) is 11.1 Å². The fourth-order valence-corrected chi connectivity index (χ4v) is 3.62. The van der Waals surface area contributed by atoms with Crippen LogP contribution in [0.3, 0.4) is 0 Å². The van der Waals surface area contributed by atoms with Crippen molar-refractivity contribution in [3.05, 3.63) is 58.2 Å². The molecule has 3 rings (SSSR count). The molecule has 3 nitrogen and oxygen atoms in total. The lowest BCUT2D eigenvalue weighted by molar-refractivity contribution is -0.143. The maximum atomic E-state index is 15.5. The maximum Gasteiger partial charge on any atom is 0.307 e. The fraction of sp³-hybridized carbons (Fsp3) is 0.409. The van der Waals surface area contributed by atoms with Crippen molar-refractivity contribution in [1.29, 1.82) is 0 Å². The maximum absolute atomic E-state index is 15.5. The molecule has 0 amide bonds. The predicted molar refractivity (Wildman–Crippen MR) is 109 cm³/mol. The van der Waals surface area contributed by atoms with E-state index in [0.29, 0.717) is 11.1 Å². The van der Waals surface area contributed by atoms with Crippen LogP contribution in [0.2, 0.25) is 0 Å². The van der Waals surface area contributed by atoms with Crippen LogP contribution in [-0.2, 0) is 9.53 Å². The van der Waals surface area contributed by atoms with Crippen LogP contribution in [0.15, 0.2) is 24.3 Å². The van der Waals surface area contributed by atoms with E-state index >= 15 is 8.78 Å². The normalized spacial score (nSPS) is 14.4. The number of ether oxygens (including phenoxy) is 1. The van der Waals surface area contributed by atoms with Crippen LogP contribution in [0.25, 0.3) is 11.1 Å². The summed E-state index contributed by atoms with van der Waals surface area (Å²) in [5.74, 6) is -1.79. The average Bonchev–Trinajstić information content (AvgIpc) is 3.41. The average molecular weight is 410 g/mol. The lowest BCUT2D eigenvalue weighted by Gasteiger charge is -2.20. The zero-order chi connectivity index (χ0) is 19.7. The number of benzene rings is 2. The molecule has 0 bridgehead atoms. The molecule has 2 N–H and O–H groups in total. The van der Waals surface area contributed by atoms with Crippen LogP contribution < -0.4 is 5.73 Å². The molecule has 2 aromatic carbocycles. The highest BCUT2D eigenvalue weighted by atomic mass is 35.5. The minimum atomic E-state index is -1.09. The number of rotatable bonds is 6. The van der Waals surface area contributed by atoms with Crippen molar-refractivity contribution in [1.82, 2.24) is 0 Å². The van der Waals surface area contributed by atoms with E-state index in [1.54, 1.807) is 13.0 Å². The Hall–Kier alpha value is -1.98. The molecule has 0 radical (unpaired) electrons. The standard InChI is InChI=1S/C22H25F2NO2.ClH/c1-4-27-18(26)11-17(25)20-21(23)15(14-8-9-14)10-16(22(20)24)19-12(2)6-5-7-13(19)3;/h5-7,10,14,17H,4,8-9,11,25H2,1-3H3;1H/t17-;/m0./s1. The first-order valence-corrected chi connectivity index (χ1v) is 9.34. The molecule has 0 heterocycles. The van der Waals surface area contributed by atoms with Gasteiger partial charge >= 0.3 is 5.97 Å². The first-order valence-electron chi connectivity index (χ1n) is 9.34. The molecule has 1 aliphatic rings. The summed E-state index contributed by atoms with van der Waals surface area (Å²) in [5, 5.41) is 0. The topological polar surface area (TPSA) is 52.3 Å². The minimum absolute atomic E-state index is 0. The van der Waals surface area contributed by atoms with Crippen LogP contribution in [-0.4, -0.2) is 12.6 Å². The summed E-state index contributed by atoms with van der Waals surface area (Å²) in [6, 6.07) is 6.24. The second kappa shape index (κ2) is 9.01. The summed E-state index contributed by atoms with van der Waals surface area (Å²) < 4.78 is 35.5. The van der Waals surface area contributed by atoms with Gasteiger partial charge in [-0.25, -0.2) is 8.78 Å². The summed E-state index contributed by atoms with van der Waals surface area (Å²) in [6.45, 7) is 5.68. The smallest absolute Gasteiger partial charge is 0.307 e. The van der Waals surface area contributed by atoms with Gasteiger partial charge in [-0.15, -0.1) is 12.4 Å². The van der Waals surface area contributed by atoms with Crippen molar-refractivity contribution < 1.29 is 18.3 Å². The van der Waals surface area contributed by atoms with Crippen LogP contribution in [0.4, 0.5) is 8.78 Å². The van der Waals surface area contributed by atoms with E-state index in [1.165, 1.54) is 0 Å². The van der Waals surface area contributed by atoms with E-state index < -0.39 is 23.6 Å². The Kier molecular flexibility index (Phi) is 7.18. The second-order valence-electron chi connectivity index (χ2n) is 7.21. The molecule has 6 heteroatoms. The Morgan fingerprint density at radius 3 is 2.36 bits per heavy atom. The van der Waals surface area contributed by atoms with Gasteiger partial charge in [-0.05, 0) is 67.9 Å². The molecule has 0 unspecified atom stereocenters. The Balaban J connectivity index is 0.00000280. The first kappa shape index (κ1) is 22.3. The largest absolute Gasteiger partial charge is 0.466 e. The van der Waals surface area contributed by atoms with Gasteiger partial charge in [0.05, 0.1) is 13.0 Å². The van der Waals surface area contributed by atoms with Crippen molar-refractivity contribution in [2.75, 3.05) is 6.61 Å². The van der Waals surface area contributed by atoms with Gasteiger partial charge in [0, 0.05) is 17.2 Å². The lowest BCUT2D eigenvalue weighted by Crippen LogP contribution is -2.21. The van der Waals surface area contributed by atoms with Gasteiger partial charge in [0.2, 0.25) is 0 Å². The summed E-state index contributed by atoms with van der Waals surface area (Å²) in [7, 11) is 0. The number of aryl methyl sites for hydroxylation is 2. The Morgan fingerprint density at radius 1 is 1.21 bits per heavy atom. The summed E-state index contributed by atoms with van der Waals surface area (Å²) in [5.41, 5.74) is 9.25. The Bertz CT molecular complexity index is 861. The van der Waals surface area contributed by atoms with E-state index in [-0.39, 0.29) is 36.9 Å². The summed E-state index contributed by atoms with van der Waals surface area (Å²) in [4.78, 5) is 11.8. The van der Waals surface area contributed by atoms with E-state index in [4.69, 9.17) is 10.5 Å². The van der Waals surface area contributed by atoms with E-state index in [9.17, 15) is 4.79 Å². The first-order chi connectivity index (χ1) is 12.8. The zero-order valence-electron chi connectivity index (χ0n) is 16.4. The highest BCUT2D eigenvalue weighted by molar-refractivity contribution is 5.85. The number of hydrogen-bond acceptors (Lipinski definition) is 3. The number of carbonyl (C=O) groups excluding carboxylic acids is 1. The number of carbonyl (C=O) groups is 1. The van der Waals surface area contributed by atoms with E-state index in [0.717, 1.165) is 29.5 Å². The quantitative estimate of drug-likeness (QED) is 0.641. The molecule has 0 spiro atoms. The van der Waals surface area contributed by atoms with Crippen molar-refractivity contribution in [3.63, 3.8) is 0 Å². The molecule has 1 atom stereocenters. The Labute approximate surface area is 170 Å². The molecule has 0 saturated heterocycles. The van der Waals surface area contributed by atoms with Gasteiger partial charge in [0.25, 0.3) is 0 Å². The molecule has 1 fully saturated rings. The van der Waals surface area contributed by atoms with Crippen LogP contribution >= 0.6 is 12.4 Å². The molecule has 28 heavy (non-hydrogen) atoms. The monoisotopic (exact) mass is 409 g/mol. The van der Waals surface area contributed by atoms with Crippen LogP contribution in [0.1, 0.15) is 60.4 Å². The highest BCUT2D eigenvalue weighted by Gasteiger charge is 2.33. The van der Waals surface area contributed by atoms with Crippen molar-refractivity contribution >= 4 is 18.4 Å². The third kappa shape index (κ3) is 4.36. The minimum Gasteiger partial charge on any atom is -0.466 e. The number of esters is 1. The van der Waals surface area contributed by atoms with Gasteiger partial charge in [0.1, 0.15) is 11.6 Å². The summed E-state index contributed by atoms with van der Waals surface area (Å²) >= 11 is 0. The molecule has 1 aliphatic carbocycles. The molecule has 0 aromatic heterocycles. The second-order valence-corrected chi connectivity index (χ2v) is 7.21. The molecular weight excluding hydrogens is 384 g/mol. The lowest BCUT2D eigenvalue weighted by atomic mass is 9.88. The Morgan fingerprint density at radius 2 is 1.82 bits per heavy atom. The fourth-order valence-electron chi connectivity index (χ4n) is 3.62. The van der Waals surface area contributed by atoms with E-state index in [1.807, 2.05) is 32.0 Å². The number of hydrogen-bond donors (Lipinski definition) is 1. The molecule has 2 aromatic rings. The van der Waals surface area contributed by atoms with Gasteiger partial charge in [-0.3, -0.25) is 4.79 Å². The van der Waals surface area contributed by atoms with Gasteiger partial charge in [-0.2, -0.15) is 0 Å². The van der Waals surface area contributed by atoms with Crippen molar-refractivity contribution in [2.45, 2.75) is 52.0 Å². The molecular formula is C22H26ClF2NO2. The number of nitrogens with two attached hydrogens (primary N) is 1. The number of halogens is 3. The third-order valence-electron chi connectivity index (χ3n) is 5.09. The van der Waals surface area contributed by atoms with Gasteiger partial charge in [0.15, 0.2) is 0 Å². The zero-order valence-corrected chi connectivity index (χ0v) is 17.2. The third-order valence-corrected chi connectivity index (χ3v) is 5.09. The van der Waals surface area contributed by atoms with Gasteiger partial charge in [-0.1, -0.05) is 18.2 Å². The van der Waals surface area contributed by atoms with Crippen LogP contribution in [0.5, 0.6) is 0 Å². The predicted octanol–water partition coefficient (Wildman–Crippen LogP) is 5.50. The SMILES string of the molecule is CCOC(=O)C[C@H](N)c1c(F)c(-c2c(C)cccc2C)cc(C2CC2)c1F.Cl. The molecule has 1 saturated carbocycles. The van der Waals surface area contributed by atoms with Crippen LogP contribution in [0, 0.1) is 25.5 Å². The van der Waals surface area contributed by atoms with Gasteiger partial charge < -0.3 is 10.5 Å². The summed E-state index contributed by atoms with van der Waals surface area (Å²) in [6.07, 6.45) is 1.49. The van der Waals surface area contributed by atoms with Crippen molar-refractivity contribution in [2.24, 2.45) is 5.73 Å². The molecule has 152 valence electrons. The molecule has 0 aliphatic heterocycles. The van der Waals surface area contributed by atoms with E-state index in [2.05, 4.69) is 0 Å².